The van der Waals surface area contributed by atoms with Crippen molar-refractivity contribution < 1.29 is 33.5 Å². The van der Waals surface area contributed by atoms with E-state index in [1.165, 1.54) is 0 Å². The first-order valence-corrected chi connectivity index (χ1v) is 14.4. The maximum absolute atomic E-state index is 10.5. The van der Waals surface area contributed by atoms with Gasteiger partial charge in [0.05, 0.1) is 12.2 Å². The molecule has 0 fully saturated rings. The van der Waals surface area contributed by atoms with E-state index in [4.69, 9.17) is 24.7 Å². The van der Waals surface area contributed by atoms with E-state index >= 15 is 0 Å². The Bertz CT molecular complexity index is 1610. The van der Waals surface area contributed by atoms with Crippen LogP contribution in [0.2, 0.25) is 0 Å². The fraction of sp³-hybridized carbons (Fsp3) is 0.207. The van der Waals surface area contributed by atoms with Crippen LogP contribution in [-0.4, -0.2) is 40.0 Å². The highest BCUT2D eigenvalue weighted by Gasteiger charge is 2.43. The van der Waals surface area contributed by atoms with E-state index < -0.39 is 12.1 Å². The number of rotatable bonds is 5. The first-order valence-electron chi connectivity index (χ1n) is 12.9. The third kappa shape index (κ3) is 5.94. The summed E-state index contributed by atoms with van der Waals surface area (Å²) < 4.78 is 42.4. The summed E-state index contributed by atoms with van der Waals surface area (Å²) in [6.07, 6.45) is -2.88. The number of ether oxygens (including phenoxy) is 1. The second kappa shape index (κ2) is 12.3. The Morgan fingerprint density at radius 1 is 0.976 bits per heavy atom. The number of carbonyl (C=O) groups excluding carboxylic acids is 1. The lowest BCUT2D eigenvalue weighted by Gasteiger charge is -2.43. The van der Waals surface area contributed by atoms with E-state index in [0.29, 0.717) is 0 Å². The molecule has 2 unspecified atom stereocenters. The lowest BCUT2D eigenvalue weighted by atomic mass is 9.84. The van der Waals surface area contributed by atoms with Crippen LogP contribution in [0.25, 0.3) is 5.70 Å². The van der Waals surface area contributed by atoms with Crippen molar-refractivity contribution in [2.45, 2.75) is 24.7 Å². The zero-order valence-electron chi connectivity index (χ0n) is 21.9. The summed E-state index contributed by atoms with van der Waals surface area (Å²) >= 11 is 7.17. The summed E-state index contributed by atoms with van der Waals surface area (Å²) in [6, 6.07) is 25.0. The highest BCUT2D eigenvalue weighted by Crippen LogP contribution is 2.52. The highest BCUT2D eigenvalue weighted by molar-refractivity contribution is 9.10. The van der Waals surface area contributed by atoms with E-state index in [0.717, 1.165) is 68.1 Å². The van der Waals surface area contributed by atoms with Crippen LogP contribution in [0.15, 0.2) is 93.6 Å². The molecule has 8 nitrogen and oxygen atoms in total. The number of benzene rings is 3. The molecular formula is C29H24Br2F3N5O3. The van der Waals surface area contributed by atoms with Gasteiger partial charge in [-0.3, -0.25) is 0 Å². The lowest BCUT2D eigenvalue weighted by Crippen LogP contribution is -2.51. The molecule has 13 heteroatoms. The van der Waals surface area contributed by atoms with Crippen molar-refractivity contribution in [2.24, 2.45) is 0 Å². The van der Waals surface area contributed by atoms with E-state index in [1.54, 1.807) is 6.33 Å². The second-order valence-electron chi connectivity index (χ2n) is 9.45. The van der Waals surface area contributed by atoms with E-state index in [2.05, 4.69) is 109 Å². The Morgan fingerprint density at radius 3 is 2.17 bits per heavy atom. The van der Waals surface area contributed by atoms with Crippen LogP contribution in [0.4, 0.5) is 19.1 Å². The topological polar surface area (TPSA) is 111 Å². The van der Waals surface area contributed by atoms with Gasteiger partial charge in [-0.05, 0) is 47.5 Å². The van der Waals surface area contributed by atoms with Gasteiger partial charge in [0.15, 0.2) is 0 Å². The predicted molar refractivity (Wildman–Crippen MR) is 154 cm³/mol. The number of halogens is 5. The molecule has 6 rings (SSSR count). The van der Waals surface area contributed by atoms with E-state index in [-0.39, 0.29) is 12.1 Å². The van der Waals surface area contributed by atoms with Crippen LogP contribution in [0.1, 0.15) is 35.3 Å². The average Bonchev–Trinajstić information content (AvgIpc) is 3.45. The number of para-hydroxylation sites is 1. The van der Waals surface area contributed by atoms with Gasteiger partial charge in [0.25, 0.3) is 0 Å². The minimum atomic E-state index is -5.19. The predicted octanol–water partition coefficient (Wildman–Crippen LogP) is 4.69. The lowest BCUT2D eigenvalue weighted by molar-refractivity contribution is -0.367. The molecule has 0 spiro atoms. The Morgan fingerprint density at radius 2 is 1.57 bits per heavy atom. The van der Waals surface area contributed by atoms with Crippen molar-refractivity contribution in [2.75, 3.05) is 18.0 Å². The Kier molecular flexibility index (Phi) is 8.71. The monoisotopic (exact) mass is 705 g/mol. The van der Waals surface area contributed by atoms with Crippen LogP contribution in [-0.2, 0) is 4.79 Å². The molecule has 1 aromatic heterocycles. The third-order valence-electron chi connectivity index (χ3n) is 6.77. The highest BCUT2D eigenvalue weighted by atomic mass is 79.9. The molecule has 42 heavy (non-hydrogen) atoms. The smallest absolute Gasteiger partial charge is 0.430 e. The molecule has 0 saturated heterocycles. The van der Waals surface area contributed by atoms with Crippen LogP contribution < -0.4 is 20.5 Å². The van der Waals surface area contributed by atoms with Crippen LogP contribution in [0.5, 0.6) is 5.75 Å². The first kappa shape index (κ1) is 29.8. The van der Waals surface area contributed by atoms with Gasteiger partial charge in [0.2, 0.25) is 5.95 Å². The number of aliphatic carboxylic acids is 1. The molecule has 0 bridgehead atoms. The molecule has 0 saturated carbocycles. The van der Waals surface area contributed by atoms with Gasteiger partial charge in [-0.1, -0.05) is 68.3 Å². The second-order valence-corrected chi connectivity index (χ2v) is 11.3. The first-order chi connectivity index (χ1) is 20.1. The number of hydrogen-bond acceptors (Lipinski definition) is 6. The molecule has 3 heterocycles. The minimum absolute atomic E-state index is 0.159. The van der Waals surface area contributed by atoms with Crippen molar-refractivity contribution in [3.63, 3.8) is 0 Å². The molecule has 218 valence electrons. The number of quaternary nitrogens is 1. The number of carboxylic acid groups (broad SMARTS) is 1. The summed E-state index contributed by atoms with van der Waals surface area (Å²) in [5.41, 5.74) is 9.71. The molecule has 2 aliphatic heterocycles. The number of fused-ring (bicyclic) bond motifs is 3. The molecule has 2 aliphatic rings. The zero-order valence-corrected chi connectivity index (χ0v) is 25.1. The molecular weight excluding hydrogens is 683 g/mol. The quantitative estimate of drug-likeness (QED) is 0.323. The van der Waals surface area contributed by atoms with Gasteiger partial charge in [-0.2, -0.15) is 23.3 Å². The standard InChI is InChI=1S/C27H23Br2N5O.C2HF3O2/c28-19-10-6-17(7-11-19)24-23-25(33(15-3-14-30)27-31-16-32-34(24)27)21-4-1-2-5-22(21)35-26(23)18-8-12-20(29)13-9-18;3-2(4,5)1(6)7/h1-2,4-13,16,24,26H,3,14-15,30H2;(H,6,7). The van der Waals surface area contributed by atoms with Crippen molar-refractivity contribution in [1.82, 2.24) is 14.8 Å². The van der Waals surface area contributed by atoms with Crippen molar-refractivity contribution >= 4 is 49.5 Å². The number of alkyl halides is 3. The fourth-order valence-corrected chi connectivity index (χ4v) is 5.52. The average molecular weight is 707 g/mol. The zero-order chi connectivity index (χ0) is 30.0. The molecule has 3 N–H and O–H groups in total. The van der Waals surface area contributed by atoms with Crippen LogP contribution in [0.3, 0.4) is 0 Å². The van der Waals surface area contributed by atoms with E-state index in [9.17, 15) is 13.2 Å². The summed E-state index contributed by atoms with van der Waals surface area (Å²) in [5.74, 6) is -1.29. The van der Waals surface area contributed by atoms with Crippen molar-refractivity contribution in [3.8, 4) is 5.75 Å². The largest absolute Gasteiger partial charge is 0.542 e. The molecule has 0 aliphatic carbocycles. The van der Waals surface area contributed by atoms with Crippen molar-refractivity contribution in [3.05, 3.63) is 110 Å². The van der Waals surface area contributed by atoms with Crippen LogP contribution in [0, 0.1) is 0 Å². The summed E-state index contributed by atoms with van der Waals surface area (Å²) in [6.45, 7) is 1.65. The Hall–Kier alpha value is -3.68. The third-order valence-corrected chi connectivity index (χ3v) is 7.83. The Labute approximate surface area is 255 Å². The maximum atomic E-state index is 10.5. The fourth-order valence-electron chi connectivity index (χ4n) is 4.99. The van der Waals surface area contributed by atoms with Crippen LogP contribution >= 0.6 is 31.9 Å². The summed E-state index contributed by atoms with van der Waals surface area (Å²) in [5, 5.41) is 13.5. The Balaban J connectivity index is 0.000000451. The van der Waals surface area contributed by atoms with Gasteiger partial charge in [0, 0.05) is 33.0 Å². The number of nitrogens with zero attached hydrogens (tertiary/aromatic N) is 4. The van der Waals surface area contributed by atoms with Gasteiger partial charge in [-0.25, -0.2) is 4.68 Å². The molecule has 4 aromatic rings. The summed E-state index contributed by atoms with van der Waals surface area (Å²) in [7, 11) is 0. The van der Waals surface area contributed by atoms with Gasteiger partial charge >= 0.3 is 6.18 Å². The number of aromatic nitrogens is 3. The number of carboxylic acids is 1. The van der Waals surface area contributed by atoms with E-state index in [1.807, 2.05) is 10.7 Å². The maximum Gasteiger partial charge on any atom is 0.430 e. The molecule has 0 amide bonds. The number of anilines is 1. The molecule has 3 aromatic carbocycles. The molecule has 2 atom stereocenters. The number of hydrogen-bond donors (Lipinski definition) is 1. The summed E-state index contributed by atoms with van der Waals surface area (Å²) in [4.78, 5) is 15.8. The van der Waals surface area contributed by atoms with Gasteiger partial charge in [0.1, 0.15) is 30.2 Å². The minimum Gasteiger partial charge on any atom is -0.542 e. The number of carbonyl (C=O) groups is 1. The SMILES string of the molecule is O=C([O-])C(F)(F)F.[NH3+]CCCN1C2=C(C(c3ccc(Br)cc3)Oc3ccccc32)C(c2ccc(Br)cc2)n2ncnc21. The van der Waals surface area contributed by atoms with Gasteiger partial charge < -0.3 is 25.3 Å². The van der Waals surface area contributed by atoms with Gasteiger partial charge in [-0.15, -0.1) is 0 Å². The normalized spacial score (nSPS) is 17.3. The van der Waals surface area contributed by atoms with Crippen molar-refractivity contribution in [1.29, 1.82) is 0 Å². The molecule has 0 radical (unpaired) electrons.